The van der Waals surface area contributed by atoms with Gasteiger partial charge < -0.3 is 9.47 Å². The van der Waals surface area contributed by atoms with Gasteiger partial charge in [-0.3, -0.25) is 0 Å². The van der Waals surface area contributed by atoms with E-state index in [0.717, 1.165) is 19.4 Å². The molecule has 1 spiro atoms. The second-order valence-corrected chi connectivity index (χ2v) is 4.04. The molecule has 0 aromatic rings. The van der Waals surface area contributed by atoms with Crippen LogP contribution in [0.1, 0.15) is 45.4 Å². The molecule has 2 atom stereocenters. The summed E-state index contributed by atoms with van der Waals surface area (Å²) in [6.45, 7) is 3.05. The van der Waals surface area contributed by atoms with Gasteiger partial charge in [0.15, 0.2) is 5.79 Å². The van der Waals surface area contributed by atoms with Gasteiger partial charge in [0.05, 0.1) is 12.7 Å². The Kier molecular flexibility index (Phi) is 2.37. The molecule has 2 aliphatic rings. The van der Waals surface area contributed by atoms with Crippen LogP contribution in [0.4, 0.5) is 0 Å². The highest BCUT2D eigenvalue weighted by Gasteiger charge is 2.38. The van der Waals surface area contributed by atoms with E-state index in [9.17, 15) is 0 Å². The van der Waals surface area contributed by atoms with Gasteiger partial charge in [-0.05, 0) is 32.6 Å². The van der Waals surface area contributed by atoms with E-state index in [0.29, 0.717) is 6.10 Å². The Morgan fingerprint density at radius 1 is 1.17 bits per heavy atom. The van der Waals surface area contributed by atoms with Crippen LogP contribution in [0.25, 0.3) is 0 Å². The first kappa shape index (κ1) is 8.52. The Labute approximate surface area is 74.2 Å². The summed E-state index contributed by atoms with van der Waals surface area (Å²) in [5, 5.41) is 0. The Morgan fingerprint density at radius 3 is 2.67 bits per heavy atom. The topological polar surface area (TPSA) is 18.5 Å². The van der Waals surface area contributed by atoms with Gasteiger partial charge in [0.2, 0.25) is 0 Å². The zero-order valence-corrected chi connectivity index (χ0v) is 7.84. The lowest BCUT2D eigenvalue weighted by molar-refractivity contribution is -0.291. The fourth-order valence-electron chi connectivity index (χ4n) is 2.26. The van der Waals surface area contributed by atoms with Gasteiger partial charge in [0.25, 0.3) is 0 Å². The molecule has 12 heavy (non-hydrogen) atoms. The molecule has 0 saturated carbocycles. The van der Waals surface area contributed by atoms with Crippen LogP contribution in [-0.4, -0.2) is 18.5 Å². The van der Waals surface area contributed by atoms with Crippen molar-refractivity contribution in [2.45, 2.75) is 57.3 Å². The quantitative estimate of drug-likeness (QED) is 0.556. The standard InChI is InChI=1S/C10H18O2/c1-9-5-4-7-10(12-9)6-2-3-8-11-10/h9H,2-8H2,1H3/t9-,10?/m1/s1. The van der Waals surface area contributed by atoms with Gasteiger partial charge in [0.1, 0.15) is 0 Å². The molecule has 0 aliphatic carbocycles. The lowest BCUT2D eigenvalue weighted by atomic mass is 9.95. The molecule has 2 heterocycles. The molecule has 0 aromatic carbocycles. The number of rotatable bonds is 0. The Hall–Kier alpha value is -0.0800. The van der Waals surface area contributed by atoms with Crippen LogP contribution in [-0.2, 0) is 9.47 Å². The van der Waals surface area contributed by atoms with E-state index in [4.69, 9.17) is 9.47 Å². The van der Waals surface area contributed by atoms with Crippen molar-refractivity contribution < 1.29 is 9.47 Å². The fourth-order valence-corrected chi connectivity index (χ4v) is 2.26. The molecule has 2 saturated heterocycles. The Morgan fingerprint density at radius 2 is 2.00 bits per heavy atom. The van der Waals surface area contributed by atoms with Gasteiger partial charge >= 0.3 is 0 Å². The lowest BCUT2D eigenvalue weighted by Gasteiger charge is -2.42. The Bertz CT molecular complexity index is 144. The summed E-state index contributed by atoms with van der Waals surface area (Å²) in [6.07, 6.45) is 7.56. The van der Waals surface area contributed by atoms with Crippen LogP contribution in [0.15, 0.2) is 0 Å². The van der Waals surface area contributed by atoms with Crippen LogP contribution >= 0.6 is 0 Å². The minimum atomic E-state index is -0.171. The molecule has 70 valence electrons. The molecule has 0 radical (unpaired) electrons. The van der Waals surface area contributed by atoms with Gasteiger partial charge in [-0.25, -0.2) is 0 Å². The second-order valence-electron chi connectivity index (χ2n) is 4.04. The third kappa shape index (κ3) is 1.64. The van der Waals surface area contributed by atoms with Crippen LogP contribution in [0.3, 0.4) is 0 Å². The molecule has 1 unspecified atom stereocenters. The van der Waals surface area contributed by atoms with E-state index in [1.807, 2.05) is 0 Å². The van der Waals surface area contributed by atoms with Gasteiger partial charge in [-0.15, -0.1) is 0 Å². The molecule has 2 nitrogen and oxygen atoms in total. The molecular weight excluding hydrogens is 152 g/mol. The maximum absolute atomic E-state index is 5.89. The molecule has 2 heteroatoms. The van der Waals surface area contributed by atoms with Crippen molar-refractivity contribution in [3.8, 4) is 0 Å². The van der Waals surface area contributed by atoms with E-state index < -0.39 is 0 Å². The van der Waals surface area contributed by atoms with Crippen molar-refractivity contribution >= 4 is 0 Å². The second kappa shape index (κ2) is 3.35. The van der Waals surface area contributed by atoms with E-state index >= 15 is 0 Å². The first-order valence-corrected chi connectivity index (χ1v) is 5.13. The molecule has 2 fully saturated rings. The largest absolute Gasteiger partial charge is 0.350 e. The fraction of sp³-hybridized carbons (Fsp3) is 1.00. The summed E-state index contributed by atoms with van der Waals surface area (Å²) in [6, 6.07) is 0. The predicted octanol–water partition coefficient (Wildman–Crippen LogP) is 2.47. The summed E-state index contributed by atoms with van der Waals surface area (Å²) in [4.78, 5) is 0. The minimum Gasteiger partial charge on any atom is -0.350 e. The summed E-state index contributed by atoms with van der Waals surface area (Å²) >= 11 is 0. The van der Waals surface area contributed by atoms with Gasteiger partial charge in [0, 0.05) is 12.8 Å². The lowest BCUT2D eigenvalue weighted by Crippen LogP contribution is -2.44. The highest BCUT2D eigenvalue weighted by molar-refractivity contribution is 4.79. The number of hydrogen-bond acceptors (Lipinski definition) is 2. The van der Waals surface area contributed by atoms with Crippen molar-refractivity contribution in [3.05, 3.63) is 0 Å². The predicted molar refractivity (Wildman–Crippen MR) is 46.9 cm³/mol. The molecule has 0 amide bonds. The summed E-state index contributed by atoms with van der Waals surface area (Å²) in [7, 11) is 0. The molecule has 0 N–H and O–H groups in total. The first-order valence-electron chi connectivity index (χ1n) is 5.13. The third-order valence-corrected chi connectivity index (χ3v) is 2.90. The smallest absolute Gasteiger partial charge is 0.168 e. The molecule has 2 rings (SSSR count). The zero-order chi connectivity index (χ0) is 8.44. The maximum atomic E-state index is 5.89. The molecule has 0 aromatic heterocycles. The average Bonchev–Trinajstić information content (AvgIpc) is 2.05. The van der Waals surface area contributed by atoms with Gasteiger partial charge in [-0.1, -0.05) is 0 Å². The summed E-state index contributed by atoms with van der Waals surface area (Å²) in [5.41, 5.74) is 0. The van der Waals surface area contributed by atoms with Crippen LogP contribution in [0.2, 0.25) is 0 Å². The third-order valence-electron chi connectivity index (χ3n) is 2.90. The van der Waals surface area contributed by atoms with Crippen LogP contribution < -0.4 is 0 Å². The van der Waals surface area contributed by atoms with Crippen molar-refractivity contribution in [3.63, 3.8) is 0 Å². The highest BCUT2D eigenvalue weighted by Crippen LogP contribution is 2.36. The molecule has 0 bridgehead atoms. The Balaban J connectivity index is 1.97. The molecule has 2 aliphatic heterocycles. The maximum Gasteiger partial charge on any atom is 0.168 e. The SMILES string of the molecule is C[C@@H]1CCCC2(CCCCO2)O1. The van der Waals surface area contributed by atoms with Crippen molar-refractivity contribution in [1.29, 1.82) is 0 Å². The van der Waals surface area contributed by atoms with Crippen LogP contribution in [0, 0.1) is 0 Å². The molecular formula is C10H18O2. The first-order chi connectivity index (χ1) is 5.81. The van der Waals surface area contributed by atoms with Crippen LogP contribution in [0.5, 0.6) is 0 Å². The van der Waals surface area contributed by atoms with Crippen molar-refractivity contribution in [2.24, 2.45) is 0 Å². The summed E-state index contributed by atoms with van der Waals surface area (Å²) < 4.78 is 11.6. The normalized spacial score (nSPS) is 43.2. The van der Waals surface area contributed by atoms with Gasteiger partial charge in [-0.2, -0.15) is 0 Å². The number of hydrogen-bond donors (Lipinski definition) is 0. The average molecular weight is 170 g/mol. The summed E-state index contributed by atoms with van der Waals surface area (Å²) in [5.74, 6) is -0.171. The minimum absolute atomic E-state index is 0.171. The van der Waals surface area contributed by atoms with E-state index in [2.05, 4.69) is 6.92 Å². The zero-order valence-electron chi connectivity index (χ0n) is 7.84. The van der Waals surface area contributed by atoms with E-state index in [1.54, 1.807) is 0 Å². The monoisotopic (exact) mass is 170 g/mol. The van der Waals surface area contributed by atoms with Crippen molar-refractivity contribution in [2.75, 3.05) is 6.61 Å². The van der Waals surface area contributed by atoms with Crippen molar-refractivity contribution in [1.82, 2.24) is 0 Å². The van der Waals surface area contributed by atoms with E-state index in [1.165, 1.54) is 25.7 Å². The number of ether oxygens (including phenoxy) is 2. The highest BCUT2D eigenvalue weighted by atomic mass is 16.7. The van der Waals surface area contributed by atoms with E-state index in [-0.39, 0.29) is 5.79 Å².